The summed E-state index contributed by atoms with van der Waals surface area (Å²) in [6, 6.07) is 13.6. The molecule has 0 fully saturated rings. The van der Waals surface area contributed by atoms with Gasteiger partial charge in [-0.2, -0.15) is 0 Å². The molecular weight excluding hydrogens is 340 g/mol. The number of para-hydroxylation sites is 1. The number of benzene rings is 2. The molecule has 1 amide bonds. The number of amides is 1. The second kappa shape index (κ2) is 8.33. The van der Waals surface area contributed by atoms with Gasteiger partial charge >= 0.3 is 0 Å². The van der Waals surface area contributed by atoms with E-state index in [9.17, 15) is 4.79 Å². The fourth-order valence-corrected chi connectivity index (χ4v) is 3.35. The van der Waals surface area contributed by atoms with Crippen molar-refractivity contribution in [3.05, 3.63) is 53.6 Å². The average molecular weight is 368 g/mol. The minimum atomic E-state index is -0.258. The minimum Gasteiger partial charge on any atom is -0.493 e. The Labute approximate surface area is 161 Å². The Hall–Kier alpha value is -2.69. The number of fused-ring (bicyclic) bond motifs is 1. The average Bonchev–Trinajstić information content (AvgIpc) is 2.68. The van der Waals surface area contributed by atoms with Crippen molar-refractivity contribution >= 4 is 11.6 Å². The lowest BCUT2D eigenvalue weighted by molar-refractivity contribution is 0.0616. The summed E-state index contributed by atoms with van der Waals surface area (Å²) in [5.41, 5.74) is 2.52. The van der Waals surface area contributed by atoms with E-state index in [2.05, 4.69) is 12.2 Å². The molecule has 0 saturated carbocycles. The van der Waals surface area contributed by atoms with Gasteiger partial charge in [0.25, 0.3) is 5.91 Å². The number of anilines is 1. The molecule has 5 heteroatoms. The Morgan fingerprint density at radius 2 is 1.93 bits per heavy atom. The summed E-state index contributed by atoms with van der Waals surface area (Å²) < 4.78 is 11.4. The van der Waals surface area contributed by atoms with Crippen LogP contribution in [0.25, 0.3) is 0 Å². The van der Waals surface area contributed by atoms with Crippen LogP contribution in [0.2, 0.25) is 0 Å². The summed E-state index contributed by atoms with van der Waals surface area (Å²) in [4.78, 5) is 14.9. The lowest BCUT2D eigenvalue weighted by Gasteiger charge is -2.40. The number of rotatable bonds is 7. The third kappa shape index (κ3) is 3.87. The molecule has 2 aromatic carbocycles. The molecule has 0 spiro atoms. The summed E-state index contributed by atoms with van der Waals surface area (Å²) in [7, 11) is 1.64. The van der Waals surface area contributed by atoms with Crippen molar-refractivity contribution in [3.63, 3.8) is 0 Å². The predicted molar refractivity (Wildman–Crippen MR) is 108 cm³/mol. The standard InChI is InChI=1S/C22H28N2O3/c1-5-6-13-27-19-12-11-16(14-20(19)26-4)21-23-18-10-8-7-9-17(18)22(25)24(21)15(2)3/h7-12,14-15,21,23H,5-6,13H2,1-4H3. The summed E-state index contributed by atoms with van der Waals surface area (Å²) in [6.45, 7) is 6.85. The number of hydrogen-bond donors (Lipinski definition) is 1. The largest absolute Gasteiger partial charge is 0.493 e. The van der Waals surface area contributed by atoms with Crippen LogP contribution in [0, 0.1) is 0 Å². The van der Waals surface area contributed by atoms with E-state index in [0.717, 1.165) is 29.8 Å². The van der Waals surface area contributed by atoms with Crippen LogP contribution >= 0.6 is 0 Å². The van der Waals surface area contributed by atoms with Crippen molar-refractivity contribution in [3.8, 4) is 11.5 Å². The second-order valence-corrected chi connectivity index (χ2v) is 7.01. The second-order valence-electron chi connectivity index (χ2n) is 7.01. The molecule has 144 valence electrons. The summed E-state index contributed by atoms with van der Waals surface area (Å²) in [6.07, 6.45) is 1.82. The number of carbonyl (C=O) groups is 1. The fourth-order valence-electron chi connectivity index (χ4n) is 3.35. The number of nitrogens with one attached hydrogen (secondary N) is 1. The van der Waals surface area contributed by atoms with E-state index < -0.39 is 0 Å². The molecule has 1 heterocycles. The first-order valence-corrected chi connectivity index (χ1v) is 9.55. The summed E-state index contributed by atoms with van der Waals surface area (Å²) in [5, 5.41) is 3.51. The molecule has 27 heavy (non-hydrogen) atoms. The minimum absolute atomic E-state index is 0.0339. The van der Waals surface area contributed by atoms with Crippen LogP contribution < -0.4 is 14.8 Å². The lowest BCUT2D eigenvalue weighted by atomic mass is 10.0. The van der Waals surface area contributed by atoms with Crippen molar-refractivity contribution in [2.75, 3.05) is 19.0 Å². The molecule has 3 rings (SSSR count). The zero-order chi connectivity index (χ0) is 19.4. The number of hydrogen-bond acceptors (Lipinski definition) is 4. The normalized spacial score (nSPS) is 16.1. The fraction of sp³-hybridized carbons (Fsp3) is 0.409. The van der Waals surface area contributed by atoms with E-state index in [0.29, 0.717) is 17.9 Å². The van der Waals surface area contributed by atoms with Crippen molar-refractivity contribution in [2.24, 2.45) is 0 Å². The van der Waals surface area contributed by atoms with Gasteiger partial charge in [0, 0.05) is 11.7 Å². The van der Waals surface area contributed by atoms with Gasteiger partial charge in [0.1, 0.15) is 6.17 Å². The van der Waals surface area contributed by atoms with Crippen LogP contribution in [0.1, 0.15) is 55.7 Å². The molecule has 0 saturated heterocycles. The molecule has 5 nitrogen and oxygen atoms in total. The Bertz CT molecular complexity index is 804. The zero-order valence-electron chi connectivity index (χ0n) is 16.5. The van der Waals surface area contributed by atoms with E-state index in [1.54, 1.807) is 7.11 Å². The topological polar surface area (TPSA) is 50.8 Å². The van der Waals surface area contributed by atoms with Crippen molar-refractivity contribution in [1.82, 2.24) is 4.90 Å². The Morgan fingerprint density at radius 1 is 1.15 bits per heavy atom. The van der Waals surface area contributed by atoms with Gasteiger partial charge in [-0.1, -0.05) is 31.5 Å². The lowest BCUT2D eigenvalue weighted by Crippen LogP contribution is -2.46. The maximum absolute atomic E-state index is 13.1. The van der Waals surface area contributed by atoms with Gasteiger partial charge in [0.15, 0.2) is 11.5 Å². The van der Waals surface area contributed by atoms with Gasteiger partial charge in [-0.25, -0.2) is 0 Å². The van der Waals surface area contributed by atoms with Crippen molar-refractivity contribution in [2.45, 2.75) is 45.8 Å². The quantitative estimate of drug-likeness (QED) is 0.710. The van der Waals surface area contributed by atoms with Crippen LogP contribution in [0.4, 0.5) is 5.69 Å². The smallest absolute Gasteiger partial charge is 0.258 e. The number of nitrogens with zero attached hydrogens (tertiary/aromatic N) is 1. The molecule has 0 aliphatic carbocycles. The third-order valence-electron chi connectivity index (χ3n) is 4.78. The first-order valence-electron chi connectivity index (χ1n) is 9.55. The highest BCUT2D eigenvalue weighted by Gasteiger charge is 2.34. The number of unbranched alkanes of at least 4 members (excludes halogenated alkanes) is 1. The molecule has 0 aromatic heterocycles. The first kappa shape index (κ1) is 19.1. The Morgan fingerprint density at radius 3 is 2.63 bits per heavy atom. The van der Waals surface area contributed by atoms with Gasteiger partial charge in [-0.05, 0) is 50.1 Å². The monoisotopic (exact) mass is 368 g/mol. The van der Waals surface area contributed by atoms with Crippen LogP contribution in [0.3, 0.4) is 0 Å². The van der Waals surface area contributed by atoms with Crippen LogP contribution in [-0.2, 0) is 0 Å². The maximum atomic E-state index is 13.1. The molecule has 1 N–H and O–H groups in total. The van der Waals surface area contributed by atoms with Crippen LogP contribution in [0.15, 0.2) is 42.5 Å². The molecule has 2 aromatic rings. The van der Waals surface area contributed by atoms with Crippen molar-refractivity contribution in [1.29, 1.82) is 0 Å². The van der Waals surface area contributed by atoms with Gasteiger partial charge in [0.05, 0.1) is 19.3 Å². The van der Waals surface area contributed by atoms with E-state index in [1.165, 1.54) is 0 Å². The van der Waals surface area contributed by atoms with Crippen LogP contribution in [0.5, 0.6) is 11.5 Å². The van der Waals surface area contributed by atoms with E-state index in [1.807, 2.05) is 61.2 Å². The SMILES string of the molecule is CCCCOc1ccc(C2Nc3ccccc3C(=O)N2C(C)C)cc1OC. The van der Waals surface area contributed by atoms with Crippen molar-refractivity contribution < 1.29 is 14.3 Å². The molecule has 1 unspecified atom stereocenters. The van der Waals surface area contributed by atoms with Gasteiger partial charge in [0.2, 0.25) is 0 Å². The predicted octanol–water partition coefficient (Wildman–Crippen LogP) is 4.85. The highest BCUT2D eigenvalue weighted by molar-refractivity contribution is 6.01. The molecule has 1 aliphatic rings. The molecule has 1 atom stereocenters. The number of ether oxygens (including phenoxy) is 2. The van der Waals surface area contributed by atoms with Crippen LogP contribution in [-0.4, -0.2) is 30.6 Å². The molecule has 0 radical (unpaired) electrons. The summed E-state index contributed by atoms with van der Waals surface area (Å²) >= 11 is 0. The van der Waals surface area contributed by atoms with Gasteiger partial charge in [-0.15, -0.1) is 0 Å². The van der Waals surface area contributed by atoms with E-state index in [4.69, 9.17) is 9.47 Å². The maximum Gasteiger partial charge on any atom is 0.258 e. The third-order valence-corrected chi connectivity index (χ3v) is 4.78. The molecular formula is C22H28N2O3. The van der Waals surface area contributed by atoms with E-state index >= 15 is 0 Å². The molecule has 0 bridgehead atoms. The Balaban J connectivity index is 1.95. The zero-order valence-corrected chi connectivity index (χ0v) is 16.5. The van der Waals surface area contributed by atoms with Gasteiger partial charge < -0.3 is 19.7 Å². The number of methoxy groups -OCH3 is 1. The highest BCUT2D eigenvalue weighted by Crippen LogP contribution is 2.37. The Kier molecular flexibility index (Phi) is 5.89. The molecule has 1 aliphatic heterocycles. The first-order chi connectivity index (χ1) is 13.1. The van der Waals surface area contributed by atoms with Gasteiger partial charge in [-0.3, -0.25) is 4.79 Å². The highest BCUT2D eigenvalue weighted by atomic mass is 16.5. The summed E-state index contributed by atoms with van der Waals surface area (Å²) in [5.74, 6) is 1.44. The van der Waals surface area contributed by atoms with E-state index in [-0.39, 0.29) is 18.1 Å². The number of carbonyl (C=O) groups excluding carboxylic acids is 1.